The number of nitrogens with zero attached hydrogens (tertiary/aromatic N) is 2. The second kappa shape index (κ2) is 4.72. The van der Waals surface area contributed by atoms with Gasteiger partial charge in [0.25, 0.3) is 0 Å². The number of aromatic nitrogens is 1. The lowest BCUT2D eigenvalue weighted by molar-refractivity contribution is -0.121. The van der Waals surface area contributed by atoms with E-state index in [9.17, 15) is 9.59 Å². The van der Waals surface area contributed by atoms with Crippen LogP contribution >= 0.6 is 11.8 Å². The Morgan fingerprint density at radius 1 is 1.53 bits per heavy atom. The summed E-state index contributed by atoms with van der Waals surface area (Å²) in [6.45, 7) is 0. The molecule has 1 fully saturated rings. The maximum absolute atomic E-state index is 11.9. The summed E-state index contributed by atoms with van der Waals surface area (Å²) < 4.78 is 0. The van der Waals surface area contributed by atoms with Crippen LogP contribution in [0.15, 0.2) is 18.3 Å². The third-order valence-electron chi connectivity index (χ3n) is 2.54. The highest BCUT2D eigenvalue weighted by Gasteiger charge is 2.39. The Morgan fingerprint density at radius 2 is 2.29 bits per heavy atom. The predicted octanol–water partition coefficient (Wildman–Crippen LogP) is 0.362. The number of nitrogen functional groups attached to an aromatic ring is 1. The Morgan fingerprint density at radius 3 is 2.76 bits per heavy atom. The molecule has 0 radical (unpaired) electrons. The summed E-state index contributed by atoms with van der Waals surface area (Å²) in [6, 6.07) is 3.25. The fourth-order valence-electron chi connectivity index (χ4n) is 1.66. The fraction of sp³-hybridized carbons (Fsp3) is 0.300. The van der Waals surface area contributed by atoms with Crippen molar-refractivity contribution in [3.63, 3.8) is 0 Å². The van der Waals surface area contributed by atoms with E-state index in [2.05, 4.69) is 10.4 Å². The molecular formula is C10H12N4O2S. The predicted molar refractivity (Wildman–Crippen MR) is 66.5 cm³/mol. The minimum atomic E-state index is -0.283. The van der Waals surface area contributed by atoms with E-state index in [-0.39, 0.29) is 23.5 Å². The Bertz CT molecular complexity index is 448. The van der Waals surface area contributed by atoms with Gasteiger partial charge in [0, 0.05) is 6.42 Å². The Balaban J connectivity index is 2.27. The van der Waals surface area contributed by atoms with E-state index in [1.165, 1.54) is 22.9 Å². The van der Waals surface area contributed by atoms with Gasteiger partial charge in [-0.2, -0.15) is 11.8 Å². The highest BCUT2D eigenvalue weighted by Crippen LogP contribution is 2.28. The number of imide groups is 1. The second-order valence-electron chi connectivity index (χ2n) is 3.54. The zero-order chi connectivity index (χ0) is 12.4. The molecular weight excluding hydrogens is 240 g/mol. The van der Waals surface area contributed by atoms with Crippen LogP contribution in [0.2, 0.25) is 0 Å². The molecule has 0 bridgehead atoms. The Kier molecular flexibility index (Phi) is 3.30. The number of pyridine rings is 1. The zero-order valence-electron chi connectivity index (χ0n) is 9.21. The van der Waals surface area contributed by atoms with Crippen LogP contribution in [0, 0.1) is 0 Å². The van der Waals surface area contributed by atoms with Crippen LogP contribution in [0.3, 0.4) is 0 Å². The van der Waals surface area contributed by atoms with Crippen LogP contribution in [-0.2, 0) is 9.59 Å². The second-order valence-corrected chi connectivity index (χ2v) is 4.58. The number of hydrogen-bond acceptors (Lipinski definition) is 6. The molecule has 1 atom stereocenters. The lowest BCUT2D eigenvalue weighted by atomic mass is 10.3. The zero-order valence-corrected chi connectivity index (χ0v) is 10.0. The standard InChI is InChI=1S/C10H12N4O2S/c1-17-7-4-9(15)14(10(7)16)6-2-3-8(13-11)12-5-6/h2-3,5,7H,4,11H2,1H3,(H,12,13). The van der Waals surface area contributed by atoms with E-state index in [1.54, 1.807) is 12.1 Å². The smallest absolute Gasteiger partial charge is 0.247 e. The number of thioether (sulfide) groups is 1. The molecule has 1 aromatic heterocycles. The molecule has 0 saturated carbocycles. The minimum absolute atomic E-state index is 0.183. The third-order valence-corrected chi connectivity index (χ3v) is 3.48. The van der Waals surface area contributed by atoms with Crippen molar-refractivity contribution in [1.82, 2.24) is 4.98 Å². The van der Waals surface area contributed by atoms with Crippen molar-refractivity contribution < 1.29 is 9.59 Å². The Hall–Kier alpha value is -1.60. The maximum atomic E-state index is 11.9. The molecule has 6 nitrogen and oxygen atoms in total. The molecule has 90 valence electrons. The van der Waals surface area contributed by atoms with E-state index in [1.807, 2.05) is 6.26 Å². The van der Waals surface area contributed by atoms with Gasteiger partial charge in [0.2, 0.25) is 11.8 Å². The van der Waals surface area contributed by atoms with Gasteiger partial charge in [-0.1, -0.05) is 0 Å². The largest absolute Gasteiger partial charge is 0.308 e. The molecule has 0 spiro atoms. The molecule has 2 amide bonds. The van der Waals surface area contributed by atoms with Crippen LogP contribution in [0.5, 0.6) is 0 Å². The highest BCUT2D eigenvalue weighted by atomic mass is 32.2. The number of carbonyl (C=O) groups is 2. The van der Waals surface area contributed by atoms with E-state index in [0.29, 0.717) is 11.5 Å². The summed E-state index contributed by atoms with van der Waals surface area (Å²) in [4.78, 5) is 28.8. The van der Waals surface area contributed by atoms with E-state index < -0.39 is 0 Å². The molecule has 17 heavy (non-hydrogen) atoms. The van der Waals surface area contributed by atoms with Crippen molar-refractivity contribution in [2.75, 3.05) is 16.6 Å². The van der Waals surface area contributed by atoms with E-state index >= 15 is 0 Å². The van der Waals surface area contributed by atoms with E-state index in [0.717, 1.165) is 0 Å². The van der Waals surface area contributed by atoms with Gasteiger partial charge in [0.15, 0.2) is 0 Å². The maximum Gasteiger partial charge on any atom is 0.247 e. The number of carbonyl (C=O) groups excluding carboxylic acids is 2. The first-order valence-corrected chi connectivity index (χ1v) is 6.28. The van der Waals surface area contributed by atoms with Gasteiger partial charge in [-0.25, -0.2) is 15.7 Å². The molecule has 1 aliphatic rings. The summed E-state index contributed by atoms with van der Waals surface area (Å²) in [5.41, 5.74) is 2.87. The number of nitrogens with two attached hydrogens (primary N) is 1. The summed E-state index contributed by atoms with van der Waals surface area (Å²) in [7, 11) is 0. The average Bonchev–Trinajstić information content (AvgIpc) is 2.64. The molecule has 0 aliphatic carbocycles. The first-order valence-electron chi connectivity index (χ1n) is 4.99. The van der Waals surface area contributed by atoms with Gasteiger partial charge < -0.3 is 5.43 Å². The number of rotatable bonds is 3. The molecule has 2 heterocycles. The summed E-state index contributed by atoms with van der Waals surface area (Å²) >= 11 is 1.39. The van der Waals surface area contributed by atoms with Crippen molar-refractivity contribution in [2.45, 2.75) is 11.7 Å². The normalized spacial score (nSPS) is 19.9. The van der Waals surface area contributed by atoms with Crippen molar-refractivity contribution in [1.29, 1.82) is 0 Å². The van der Waals surface area contributed by atoms with Crippen LogP contribution < -0.4 is 16.2 Å². The monoisotopic (exact) mass is 252 g/mol. The summed E-state index contributed by atoms with van der Waals surface area (Å²) in [6.07, 6.45) is 3.52. The first kappa shape index (κ1) is 11.9. The van der Waals surface area contributed by atoms with Crippen LogP contribution in [-0.4, -0.2) is 28.3 Å². The van der Waals surface area contributed by atoms with Gasteiger partial charge in [-0.3, -0.25) is 9.59 Å². The molecule has 0 aromatic carbocycles. The molecule has 2 rings (SSSR count). The lowest BCUT2D eigenvalue weighted by Crippen LogP contribution is -2.31. The van der Waals surface area contributed by atoms with Crippen molar-refractivity contribution >= 4 is 35.1 Å². The van der Waals surface area contributed by atoms with Crippen LogP contribution in [0.25, 0.3) is 0 Å². The number of anilines is 2. The average molecular weight is 252 g/mol. The molecule has 7 heteroatoms. The van der Waals surface area contributed by atoms with Gasteiger partial charge in [-0.05, 0) is 18.4 Å². The highest BCUT2D eigenvalue weighted by molar-refractivity contribution is 8.00. The van der Waals surface area contributed by atoms with Crippen molar-refractivity contribution in [3.8, 4) is 0 Å². The Labute approximate surface area is 103 Å². The SMILES string of the molecule is CSC1CC(=O)N(c2ccc(NN)nc2)C1=O. The summed E-state index contributed by atoms with van der Waals surface area (Å²) in [5, 5.41) is -0.283. The fourth-order valence-corrected chi connectivity index (χ4v) is 2.28. The molecule has 1 saturated heterocycles. The molecule has 3 N–H and O–H groups in total. The third kappa shape index (κ3) is 2.11. The quantitative estimate of drug-likeness (QED) is 0.459. The van der Waals surface area contributed by atoms with Crippen LogP contribution in [0.1, 0.15) is 6.42 Å². The summed E-state index contributed by atoms with van der Waals surface area (Å²) in [5.74, 6) is 5.30. The number of amides is 2. The topological polar surface area (TPSA) is 88.3 Å². The van der Waals surface area contributed by atoms with E-state index in [4.69, 9.17) is 5.84 Å². The van der Waals surface area contributed by atoms with Gasteiger partial charge in [0.1, 0.15) is 5.82 Å². The van der Waals surface area contributed by atoms with Crippen molar-refractivity contribution in [3.05, 3.63) is 18.3 Å². The lowest BCUT2D eigenvalue weighted by Gasteiger charge is -2.14. The first-order chi connectivity index (χ1) is 8.17. The molecule has 1 unspecified atom stereocenters. The van der Waals surface area contributed by atoms with Crippen molar-refractivity contribution in [2.24, 2.45) is 5.84 Å². The number of nitrogens with one attached hydrogen (secondary N) is 1. The number of hydrogen-bond donors (Lipinski definition) is 2. The number of hydrazine groups is 1. The van der Waals surface area contributed by atoms with Gasteiger partial charge in [0.05, 0.1) is 17.1 Å². The minimum Gasteiger partial charge on any atom is -0.308 e. The van der Waals surface area contributed by atoms with Gasteiger partial charge in [-0.15, -0.1) is 0 Å². The molecule has 1 aromatic rings. The molecule has 1 aliphatic heterocycles. The van der Waals surface area contributed by atoms with Gasteiger partial charge >= 0.3 is 0 Å². The van der Waals surface area contributed by atoms with Crippen LogP contribution in [0.4, 0.5) is 11.5 Å².